The van der Waals surface area contributed by atoms with Crippen LogP contribution in [0.5, 0.6) is 11.5 Å². The maximum Gasteiger partial charge on any atom is 0.410 e. The molecule has 1 spiro atoms. The van der Waals surface area contributed by atoms with E-state index in [0.717, 1.165) is 36.0 Å². The number of thiazole rings is 1. The first-order chi connectivity index (χ1) is 17.1. The number of nitrogens with zero attached hydrogens (tertiary/aromatic N) is 3. The second kappa shape index (κ2) is 9.13. The molecule has 0 unspecified atom stereocenters. The quantitative estimate of drug-likeness (QED) is 0.514. The molecule has 2 aliphatic rings. The average molecular weight is 507 g/mol. The van der Waals surface area contributed by atoms with Crippen molar-refractivity contribution in [3.63, 3.8) is 0 Å². The Morgan fingerprint density at radius 1 is 1.00 bits per heavy atom. The van der Waals surface area contributed by atoms with E-state index in [1.807, 2.05) is 75.4 Å². The van der Waals surface area contributed by atoms with Gasteiger partial charge in [-0.25, -0.2) is 9.78 Å². The van der Waals surface area contributed by atoms with Crippen molar-refractivity contribution in [3.05, 3.63) is 59.5 Å². The van der Waals surface area contributed by atoms with Gasteiger partial charge in [-0.1, -0.05) is 29.5 Å². The molecule has 2 aliphatic heterocycles. The lowest BCUT2D eigenvalue weighted by atomic mass is 9.79. The molecule has 3 heterocycles. The van der Waals surface area contributed by atoms with Crippen LogP contribution < -0.4 is 15.4 Å². The first-order valence-electron chi connectivity index (χ1n) is 12.0. The summed E-state index contributed by atoms with van der Waals surface area (Å²) in [6.45, 7) is 8.55. The predicted octanol–water partition coefficient (Wildman–Crippen LogP) is 5.15. The van der Waals surface area contributed by atoms with Gasteiger partial charge in [0.2, 0.25) is 0 Å². The number of anilines is 1. The monoisotopic (exact) mass is 506 g/mol. The van der Waals surface area contributed by atoms with Gasteiger partial charge in [0.15, 0.2) is 5.13 Å². The van der Waals surface area contributed by atoms with Gasteiger partial charge < -0.3 is 25.0 Å². The van der Waals surface area contributed by atoms with Gasteiger partial charge >= 0.3 is 6.09 Å². The molecular weight excluding hydrogens is 476 g/mol. The number of primary amides is 1. The molecule has 0 atom stereocenters. The van der Waals surface area contributed by atoms with E-state index in [-0.39, 0.29) is 11.5 Å². The second-order valence-corrected chi connectivity index (χ2v) is 11.5. The number of hydrogen-bond donors (Lipinski definition) is 1. The molecule has 3 aromatic rings. The third-order valence-electron chi connectivity index (χ3n) is 6.36. The lowest BCUT2D eigenvalue weighted by molar-refractivity contribution is -0.0266. The highest BCUT2D eigenvalue weighted by molar-refractivity contribution is 7.18. The fraction of sp³-hybridized carbons (Fsp3) is 0.370. The van der Waals surface area contributed by atoms with Gasteiger partial charge in [0.1, 0.15) is 22.0 Å². The number of ether oxygens (including phenoxy) is 2. The minimum Gasteiger partial charge on any atom is -0.457 e. The third-order valence-corrected chi connectivity index (χ3v) is 7.49. The molecule has 2 N–H and O–H groups in total. The van der Waals surface area contributed by atoms with Crippen LogP contribution in [0.1, 0.15) is 36.9 Å². The van der Waals surface area contributed by atoms with Crippen LogP contribution in [0.3, 0.4) is 0 Å². The van der Waals surface area contributed by atoms with Crippen LogP contribution in [-0.4, -0.2) is 53.7 Å². The van der Waals surface area contributed by atoms with E-state index in [0.29, 0.717) is 29.4 Å². The smallest absolute Gasteiger partial charge is 0.410 e. The number of carbonyl (C=O) groups is 2. The standard InChI is InChI=1S/C27H30N4O4S/c1-26(2,3)35-25(33)31-16-27(17-31)13-14-30(15-27)24-29-21(22(36-24)23(28)32)18-9-11-20(12-10-18)34-19-7-5-4-6-8-19/h4-12H,13-17H2,1-3H3,(H2,28,32). The summed E-state index contributed by atoms with van der Waals surface area (Å²) in [5.74, 6) is 0.956. The minimum atomic E-state index is -0.504. The summed E-state index contributed by atoms with van der Waals surface area (Å²) in [6, 6.07) is 17.0. The van der Waals surface area contributed by atoms with Gasteiger partial charge in [-0.05, 0) is 63.6 Å². The molecule has 0 saturated carbocycles. The summed E-state index contributed by atoms with van der Waals surface area (Å²) in [5.41, 5.74) is 6.64. The molecule has 2 saturated heterocycles. The molecule has 2 aromatic carbocycles. The number of rotatable bonds is 5. The van der Waals surface area contributed by atoms with Crippen molar-refractivity contribution >= 4 is 28.5 Å². The van der Waals surface area contributed by atoms with Gasteiger partial charge in [-0.15, -0.1) is 0 Å². The summed E-state index contributed by atoms with van der Waals surface area (Å²) >= 11 is 1.32. The number of amides is 2. The van der Waals surface area contributed by atoms with Crippen LogP contribution in [0.25, 0.3) is 11.3 Å². The van der Waals surface area contributed by atoms with Crippen LogP contribution in [0.15, 0.2) is 54.6 Å². The van der Waals surface area contributed by atoms with E-state index in [1.54, 1.807) is 4.90 Å². The van der Waals surface area contributed by atoms with Crippen LogP contribution in [0.4, 0.5) is 9.93 Å². The van der Waals surface area contributed by atoms with Crippen LogP contribution in [0, 0.1) is 5.41 Å². The Kier molecular flexibility index (Phi) is 6.12. The van der Waals surface area contributed by atoms with Crippen LogP contribution in [-0.2, 0) is 4.74 Å². The number of hydrogen-bond acceptors (Lipinski definition) is 7. The summed E-state index contributed by atoms with van der Waals surface area (Å²) in [6.07, 6.45) is 0.692. The molecule has 9 heteroatoms. The van der Waals surface area contributed by atoms with Gasteiger partial charge in [-0.2, -0.15) is 0 Å². The van der Waals surface area contributed by atoms with Crippen molar-refractivity contribution < 1.29 is 19.1 Å². The van der Waals surface area contributed by atoms with E-state index < -0.39 is 11.5 Å². The van der Waals surface area contributed by atoms with Crippen molar-refractivity contribution in [2.75, 3.05) is 31.1 Å². The Balaban J connectivity index is 1.28. The molecule has 188 valence electrons. The average Bonchev–Trinajstić information content (AvgIpc) is 3.44. The molecule has 2 fully saturated rings. The number of likely N-dealkylation sites (tertiary alicyclic amines) is 1. The highest BCUT2D eigenvalue weighted by atomic mass is 32.1. The van der Waals surface area contributed by atoms with Crippen molar-refractivity contribution in [3.8, 4) is 22.8 Å². The maximum atomic E-state index is 12.4. The zero-order chi connectivity index (χ0) is 25.5. The number of carbonyl (C=O) groups excluding carboxylic acids is 2. The Bertz CT molecular complexity index is 1260. The normalized spacial score (nSPS) is 16.6. The van der Waals surface area contributed by atoms with Crippen molar-refractivity contribution in [2.45, 2.75) is 32.8 Å². The fourth-order valence-corrected chi connectivity index (χ4v) is 5.65. The summed E-state index contributed by atoms with van der Waals surface area (Å²) in [7, 11) is 0. The first kappa shape index (κ1) is 24.1. The molecule has 5 rings (SSSR count). The van der Waals surface area contributed by atoms with Crippen molar-refractivity contribution in [1.29, 1.82) is 0 Å². The van der Waals surface area contributed by atoms with E-state index >= 15 is 0 Å². The Morgan fingerprint density at radius 3 is 2.31 bits per heavy atom. The molecule has 0 aliphatic carbocycles. The molecular formula is C27H30N4O4S. The molecule has 0 radical (unpaired) electrons. The van der Waals surface area contributed by atoms with Crippen LogP contribution >= 0.6 is 11.3 Å². The summed E-state index contributed by atoms with van der Waals surface area (Å²) < 4.78 is 11.4. The lowest BCUT2D eigenvalue weighted by Gasteiger charge is -2.47. The van der Waals surface area contributed by atoms with Crippen molar-refractivity contribution in [1.82, 2.24) is 9.88 Å². The molecule has 8 nitrogen and oxygen atoms in total. The lowest BCUT2D eigenvalue weighted by Crippen LogP contribution is -2.60. The number of para-hydroxylation sites is 1. The topological polar surface area (TPSA) is 98.0 Å². The first-order valence-corrected chi connectivity index (χ1v) is 12.8. The number of nitrogens with two attached hydrogens (primary N) is 1. The second-order valence-electron chi connectivity index (χ2n) is 10.5. The zero-order valence-electron chi connectivity index (χ0n) is 20.7. The van der Waals surface area contributed by atoms with E-state index in [2.05, 4.69) is 4.90 Å². The number of aromatic nitrogens is 1. The van der Waals surface area contributed by atoms with E-state index in [9.17, 15) is 9.59 Å². The van der Waals surface area contributed by atoms with Crippen molar-refractivity contribution in [2.24, 2.45) is 11.1 Å². The minimum absolute atomic E-state index is 0.0338. The molecule has 0 bridgehead atoms. The van der Waals surface area contributed by atoms with Gasteiger partial charge in [0, 0.05) is 37.2 Å². The summed E-state index contributed by atoms with van der Waals surface area (Å²) in [4.78, 5) is 33.8. The third kappa shape index (κ3) is 5.02. The molecule has 36 heavy (non-hydrogen) atoms. The molecule has 1 aromatic heterocycles. The Hall–Kier alpha value is -3.59. The van der Waals surface area contributed by atoms with Gasteiger partial charge in [-0.3, -0.25) is 4.79 Å². The van der Waals surface area contributed by atoms with E-state index in [1.165, 1.54) is 11.3 Å². The van der Waals surface area contributed by atoms with E-state index in [4.69, 9.17) is 20.2 Å². The molecule has 2 amide bonds. The summed E-state index contributed by atoms with van der Waals surface area (Å²) in [5, 5.41) is 0.774. The largest absolute Gasteiger partial charge is 0.457 e. The maximum absolute atomic E-state index is 12.4. The van der Waals surface area contributed by atoms with Gasteiger partial charge in [0.05, 0.1) is 5.69 Å². The fourth-order valence-electron chi connectivity index (χ4n) is 4.69. The predicted molar refractivity (Wildman–Crippen MR) is 140 cm³/mol. The zero-order valence-corrected chi connectivity index (χ0v) is 21.5. The SMILES string of the molecule is CC(C)(C)OC(=O)N1CC2(CCN(c3nc(-c4ccc(Oc5ccccc5)cc4)c(C(N)=O)s3)C2)C1. The number of benzene rings is 2. The highest BCUT2D eigenvalue weighted by Gasteiger charge is 2.50. The Morgan fingerprint density at radius 2 is 1.67 bits per heavy atom. The van der Waals surface area contributed by atoms with Gasteiger partial charge in [0.25, 0.3) is 5.91 Å². The van der Waals surface area contributed by atoms with Crippen LogP contribution in [0.2, 0.25) is 0 Å². The highest BCUT2D eigenvalue weighted by Crippen LogP contribution is 2.44. The Labute approximate surface area is 214 Å².